The van der Waals surface area contributed by atoms with Gasteiger partial charge in [0.2, 0.25) is 5.78 Å². The molecule has 4 rings (SSSR count). The molecule has 0 aliphatic carbocycles. The lowest BCUT2D eigenvalue weighted by Crippen LogP contribution is -2.30. The predicted molar refractivity (Wildman–Crippen MR) is 123 cm³/mol. The number of carbonyl (C=O) groups is 2. The maximum absolute atomic E-state index is 13.4. The van der Waals surface area contributed by atoms with Crippen molar-refractivity contribution in [1.82, 2.24) is 4.90 Å². The summed E-state index contributed by atoms with van der Waals surface area (Å²) in [4.78, 5) is 27.9. The van der Waals surface area contributed by atoms with Gasteiger partial charge < -0.3 is 28.3 Å². The minimum Gasteiger partial charge on any atom is -0.503 e. The number of Topliss-reactive ketones (excluding diaryl/α,β-unsaturated/α-hetero) is 1. The molecule has 178 valence electrons. The highest BCUT2D eigenvalue weighted by Gasteiger charge is 2.45. The van der Waals surface area contributed by atoms with Crippen LogP contribution in [0.15, 0.2) is 68.9 Å². The van der Waals surface area contributed by atoms with Crippen LogP contribution >= 0.6 is 0 Å². The first-order valence-corrected chi connectivity index (χ1v) is 11.2. The van der Waals surface area contributed by atoms with Crippen LogP contribution in [0.2, 0.25) is 0 Å². The summed E-state index contributed by atoms with van der Waals surface area (Å²) in [5.74, 6) is 0.328. The van der Waals surface area contributed by atoms with Gasteiger partial charge in [0.15, 0.2) is 23.0 Å². The molecule has 1 aliphatic rings. The van der Waals surface area contributed by atoms with Crippen LogP contribution in [0.25, 0.3) is 0 Å². The number of aryl methyl sites for hydroxylation is 1. The molecule has 0 bridgehead atoms. The van der Waals surface area contributed by atoms with Gasteiger partial charge in [-0.05, 0) is 62.2 Å². The van der Waals surface area contributed by atoms with Crippen LogP contribution in [-0.2, 0) is 11.3 Å². The number of aliphatic hydroxyl groups excluding tert-OH is 1. The van der Waals surface area contributed by atoms with Gasteiger partial charge in [0, 0.05) is 0 Å². The Balaban J connectivity index is 1.80. The Morgan fingerprint density at radius 3 is 2.59 bits per heavy atom. The summed E-state index contributed by atoms with van der Waals surface area (Å²) in [6.45, 7) is 6.57. The minimum absolute atomic E-state index is 0.0460. The van der Waals surface area contributed by atoms with Gasteiger partial charge in [-0.25, -0.2) is 0 Å². The highest BCUT2D eigenvalue weighted by atomic mass is 16.5. The lowest BCUT2D eigenvalue weighted by molar-refractivity contribution is -0.130. The average molecular weight is 466 g/mol. The average Bonchev–Trinajstić information content (AvgIpc) is 3.55. The van der Waals surface area contributed by atoms with Gasteiger partial charge in [0.05, 0.1) is 37.6 Å². The van der Waals surface area contributed by atoms with E-state index in [2.05, 4.69) is 0 Å². The van der Waals surface area contributed by atoms with E-state index < -0.39 is 23.5 Å². The number of ether oxygens (including phenoxy) is 2. The van der Waals surface area contributed by atoms with Crippen molar-refractivity contribution in [2.24, 2.45) is 0 Å². The molecule has 1 aromatic carbocycles. The minimum atomic E-state index is -0.880. The molecule has 2 aromatic heterocycles. The summed E-state index contributed by atoms with van der Waals surface area (Å²) >= 11 is 0. The van der Waals surface area contributed by atoms with Gasteiger partial charge in [-0.3, -0.25) is 9.59 Å². The summed E-state index contributed by atoms with van der Waals surface area (Å²) in [6.07, 6.45) is 2.34. The molecule has 0 saturated heterocycles. The molecular formula is C26H27NO7. The number of benzene rings is 1. The van der Waals surface area contributed by atoms with Crippen molar-refractivity contribution in [3.63, 3.8) is 0 Å². The fourth-order valence-corrected chi connectivity index (χ4v) is 3.95. The molecule has 3 heterocycles. The number of hydrogen-bond acceptors (Lipinski definition) is 7. The molecule has 1 N–H and O–H groups in total. The number of furan rings is 2. The Bertz CT molecular complexity index is 1210. The lowest BCUT2D eigenvalue weighted by atomic mass is 9.94. The first kappa shape index (κ1) is 23.2. The second-order valence-corrected chi connectivity index (χ2v) is 7.90. The standard InChI is InChI=1S/C26H27NO7/c1-4-12-33-19-11-9-17(14-21(19)31-5-2)23-22(24(28)20-10-8-16(3)34-20)25(29)26(30)27(23)15-18-7-6-13-32-18/h6-11,13-14,23,29H,4-5,12,15H2,1-3H3/t23-/m0/s1. The van der Waals surface area contributed by atoms with E-state index in [1.807, 2.05) is 13.8 Å². The van der Waals surface area contributed by atoms with E-state index in [9.17, 15) is 14.7 Å². The number of carbonyl (C=O) groups excluding carboxylic acids is 2. The van der Waals surface area contributed by atoms with E-state index in [4.69, 9.17) is 18.3 Å². The van der Waals surface area contributed by atoms with Crippen LogP contribution in [0, 0.1) is 6.92 Å². The summed E-state index contributed by atoms with van der Waals surface area (Å²) in [7, 11) is 0. The Morgan fingerprint density at radius 1 is 1.12 bits per heavy atom. The molecule has 3 aromatic rings. The summed E-state index contributed by atoms with van der Waals surface area (Å²) in [5, 5.41) is 10.8. The Morgan fingerprint density at radius 2 is 1.94 bits per heavy atom. The van der Waals surface area contributed by atoms with Crippen LogP contribution in [0.1, 0.15) is 53.9 Å². The second-order valence-electron chi connectivity index (χ2n) is 7.90. The van der Waals surface area contributed by atoms with Crippen molar-refractivity contribution >= 4 is 11.7 Å². The van der Waals surface area contributed by atoms with Crippen molar-refractivity contribution in [2.75, 3.05) is 13.2 Å². The Kier molecular flexibility index (Phi) is 6.77. The molecule has 8 heteroatoms. The highest BCUT2D eigenvalue weighted by Crippen LogP contribution is 2.42. The fourth-order valence-electron chi connectivity index (χ4n) is 3.95. The monoisotopic (exact) mass is 465 g/mol. The van der Waals surface area contributed by atoms with E-state index in [0.29, 0.717) is 41.8 Å². The van der Waals surface area contributed by atoms with Crippen molar-refractivity contribution < 1.29 is 33.0 Å². The lowest BCUT2D eigenvalue weighted by Gasteiger charge is -2.26. The van der Waals surface area contributed by atoms with Crippen LogP contribution in [0.4, 0.5) is 0 Å². The van der Waals surface area contributed by atoms with Crippen LogP contribution < -0.4 is 9.47 Å². The highest BCUT2D eigenvalue weighted by molar-refractivity contribution is 6.15. The van der Waals surface area contributed by atoms with Gasteiger partial charge in [-0.1, -0.05) is 13.0 Å². The van der Waals surface area contributed by atoms with Crippen LogP contribution in [0.5, 0.6) is 11.5 Å². The molecule has 1 amide bonds. The number of nitrogens with zero attached hydrogens (tertiary/aromatic N) is 1. The molecule has 1 aliphatic heterocycles. The Hall–Kier alpha value is -3.94. The SMILES string of the molecule is CCCOc1ccc([C@H]2C(C(=O)c3ccc(C)o3)=C(O)C(=O)N2Cc2ccco2)cc1OCC. The van der Waals surface area contributed by atoms with Crippen molar-refractivity contribution in [3.8, 4) is 11.5 Å². The molecule has 0 fully saturated rings. The van der Waals surface area contributed by atoms with Crippen LogP contribution in [0.3, 0.4) is 0 Å². The van der Waals surface area contributed by atoms with Gasteiger partial charge >= 0.3 is 0 Å². The van der Waals surface area contributed by atoms with E-state index >= 15 is 0 Å². The predicted octanol–water partition coefficient (Wildman–Crippen LogP) is 5.15. The molecular weight excluding hydrogens is 438 g/mol. The number of hydrogen-bond donors (Lipinski definition) is 1. The first-order chi connectivity index (χ1) is 16.4. The summed E-state index contributed by atoms with van der Waals surface area (Å²) in [5.41, 5.74) is 0.526. The van der Waals surface area contributed by atoms with E-state index in [1.165, 1.54) is 17.2 Å². The smallest absolute Gasteiger partial charge is 0.290 e. The quantitative estimate of drug-likeness (QED) is 0.413. The Labute approximate surface area is 197 Å². The number of amides is 1. The van der Waals surface area contributed by atoms with E-state index in [1.54, 1.807) is 43.3 Å². The second kappa shape index (κ2) is 9.91. The zero-order valence-corrected chi connectivity index (χ0v) is 19.4. The maximum Gasteiger partial charge on any atom is 0.290 e. The first-order valence-electron chi connectivity index (χ1n) is 11.2. The molecule has 34 heavy (non-hydrogen) atoms. The van der Waals surface area contributed by atoms with Crippen molar-refractivity contribution in [2.45, 2.75) is 39.8 Å². The van der Waals surface area contributed by atoms with E-state index in [0.717, 1.165) is 6.42 Å². The van der Waals surface area contributed by atoms with Crippen LogP contribution in [-0.4, -0.2) is 34.9 Å². The van der Waals surface area contributed by atoms with Crippen molar-refractivity contribution in [3.05, 3.63) is 82.9 Å². The molecule has 0 spiro atoms. The third kappa shape index (κ3) is 4.44. The fraction of sp³-hybridized carbons (Fsp3) is 0.308. The molecule has 8 nitrogen and oxygen atoms in total. The number of ketones is 1. The zero-order chi connectivity index (χ0) is 24.2. The number of aliphatic hydroxyl groups is 1. The molecule has 0 radical (unpaired) electrons. The van der Waals surface area contributed by atoms with E-state index in [-0.39, 0.29) is 17.9 Å². The van der Waals surface area contributed by atoms with Gasteiger partial charge in [0.25, 0.3) is 5.91 Å². The molecule has 1 atom stereocenters. The topological polar surface area (TPSA) is 102 Å². The number of rotatable bonds is 10. The third-order valence-electron chi connectivity index (χ3n) is 5.46. The maximum atomic E-state index is 13.4. The largest absolute Gasteiger partial charge is 0.503 e. The molecule has 0 unspecified atom stereocenters. The van der Waals surface area contributed by atoms with Crippen molar-refractivity contribution in [1.29, 1.82) is 0 Å². The third-order valence-corrected chi connectivity index (χ3v) is 5.46. The van der Waals surface area contributed by atoms with Gasteiger partial charge in [-0.2, -0.15) is 0 Å². The summed E-state index contributed by atoms with van der Waals surface area (Å²) < 4.78 is 22.5. The molecule has 0 saturated carbocycles. The van der Waals surface area contributed by atoms with Gasteiger partial charge in [0.1, 0.15) is 11.5 Å². The zero-order valence-electron chi connectivity index (χ0n) is 19.4. The van der Waals surface area contributed by atoms with Gasteiger partial charge in [-0.15, -0.1) is 0 Å². The summed E-state index contributed by atoms with van der Waals surface area (Å²) in [6, 6.07) is 11.0. The normalized spacial score (nSPS) is 15.8.